The van der Waals surface area contributed by atoms with E-state index in [0.717, 1.165) is 31.2 Å². The Morgan fingerprint density at radius 1 is 0.567 bits per heavy atom. The second-order valence-corrected chi connectivity index (χ2v) is 20.5. The van der Waals surface area contributed by atoms with E-state index in [2.05, 4.69) is 34.1 Å². The minimum absolute atomic E-state index is 0.0149. The number of carbonyl (C=O) groups excluding carboxylic acids is 4. The number of carbonyl (C=O) groups is 5. The molecule has 1 aromatic rings. The fourth-order valence-corrected chi connectivity index (χ4v) is 7.19. The molecule has 0 unspecified atom stereocenters. The molecule has 2 rings (SSSR count). The van der Waals surface area contributed by atoms with Crippen LogP contribution in [-0.4, -0.2) is 130 Å². The zero-order chi connectivity index (χ0) is 45.3. The molecule has 13 nitrogen and oxygen atoms in total. The average molecular weight is 846 g/mol. The third kappa shape index (κ3) is 25.3. The molecule has 13 heteroatoms. The Bertz CT molecular complexity index is 1500. The molecule has 1 fully saturated rings. The zero-order valence-electron chi connectivity index (χ0n) is 39.2. The van der Waals surface area contributed by atoms with Crippen LogP contribution in [0.5, 0.6) is 0 Å². The summed E-state index contributed by atoms with van der Waals surface area (Å²) < 4.78 is 23.1. The standard InChI is InChI=1S/C47H79N3O10/c1-44(2,3)57-40(53)30-37-23-25-48(32-41(54)58-45(4,5)6)27-28-49(33-42(55)59-46(7,8)9)31-38(50(26-24-37)34-43(56)60-47(10,11)12)29-36-21-19-35(20-22-36)17-15-13-14-16-18-39(51)52/h19-22,37-38H,13-18,23-34H2,1-12H3,(H,51,52)/t37-,38-/m0/s1. The van der Waals surface area contributed by atoms with Crippen LogP contribution in [0.15, 0.2) is 24.3 Å². The van der Waals surface area contributed by atoms with E-state index in [1.165, 1.54) is 5.56 Å². The first-order valence-electron chi connectivity index (χ1n) is 22.0. The van der Waals surface area contributed by atoms with Crippen LogP contribution >= 0.6 is 0 Å². The molecule has 1 aliphatic rings. The summed E-state index contributed by atoms with van der Waals surface area (Å²) in [5, 5.41) is 8.93. The highest BCUT2D eigenvalue weighted by molar-refractivity contribution is 5.73. The van der Waals surface area contributed by atoms with Crippen LogP contribution in [0.3, 0.4) is 0 Å². The van der Waals surface area contributed by atoms with Gasteiger partial charge in [-0.2, -0.15) is 0 Å². The number of hydrogen-bond acceptors (Lipinski definition) is 12. The van der Waals surface area contributed by atoms with Gasteiger partial charge in [0.25, 0.3) is 0 Å². The predicted octanol–water partition coefficient (Wildman–Crippen LogP) is 7.25. The van der Waals surface area contributed by atoms with Gasteiger partial charge in [0.1, 0.15) is 22.4 Å². The Kier molecular flexibility index (Phi) is 21.2. The number of esters is 4. The molecule has 342 valence electrons. The molecule has 0 aromatic heterocycles. The van der Waals surface area contributed by atoms with Crippen molar-refractivity contribution in [3.63, 3.8) is 0 Å². The molecule has 0 bridgehead atoms. The lowest BCUT2D eigenvalue weighted by Crippen LogP contribution is -2.52. The van der Waals surface area contributed by atoms with Crippen molar-refractivity contribution in [3.8, 4) is 0 Å². The minimum atomic E-state index is -0.759. The number of nitrogens with zero attached hydrogens (tertiary/aromatic N) is 3. The second kappa shape index (κ2) is 24.2. The summed E-state index contributed by atoms with van der Waals surface area (Å²) in [5.41, 5.74) is -0.405. The summed E-state index contributed by atoms with van der Waals surface area (Å²) >= 11 is 0. The van der Waals surface area contributed by atoms with Gasteiger partial charge in [0.15, 0.2) is 0 Å². The second-order valence-electron chi connectivity index (χ2n) is 20.5. The first-order valence-corrected chi connectivity index (χ1v) is 22.0. The molecule has 60 heavy (non-hydrogen) atoms. The molecular formula is C47H79N3O10. The van der Waals surface area contributed by atoms with Crippen molar-refractivity contribution in [1.29, 1.82) is 0 Å². The number of benzene rings is 1. The van der Waals surface area contributed by atoms with E-state index in [-0.39, 0.29) is 68.3 Å². The molecular weight excluding hydrogens is 767 g/mol. The minimum Gasteiger partial charge on any atom is -0.481 e. The van der Waals surface area contributed by atoms with Gasteiger partial charge in [-0.1, -0.05) is 37.1 Å². The van der Waals surface area contributed by atoms with Crippen LogP contribution in [0.1, 0.15) is 146 Å². The Labute approximate surface area is 361 Å². The molecule has 1 saturated heterocycles. The lowest BCUT2D eigenvalue weighted by Gasteiger charge is -2.38. The number of carboxylic acids is 1. The molecule has 0 amide bonds. The summed E-state index contributed by atoms with van der Waals surface area (Å²) in [6.45, 7) is 24.5. The predicted molar refractivity (Wildman–Crippen MR) is 234 cm³/mol. The number of hydrogen-bond donors (Lipinski definition) is 1. The zero-order valence-corrected chi connectivity index (χ0v) is 39.2. The third-order valence-electron chi connectivity index (χ3n) is 9.67. The van der Waals surface area contributed by atoms with Gasteiger partial charge in [-0.25, -0.2) is 0 Å². The van der Waals surface area contributed by atoms with Crippen molar-refractivity contribution in [2.24, 2.45) is 5.92 Å². The van der Waals surface area contributed by atoms with E-state index in [1.807, 2.05) is 88.0 Å². The maximum Gasteiger partial charge on any atom is 0.320 e. The van der Waals surface area contributed by atoms with Crippen LogP contribution in [0, 0.1) is 5.92 Å². The topological polar surface area (TPSA) is 152 Å². The molecule has 1 aliphatic heterocycles. The van der Waals surface area contributed by atoms with E-state index >= 15 is 0 Å². The molecule has 0 spiro atoms. The van der Waals surface area contributed by atoms with E-state index in [1.54, 1.807) is 0 Å². The van der Waals surface area contributed by atoms with Crippen LogP contribution < -0.4 is 0 Å². The van der Waals surface area contributed by atoms with Gasteiger partial charge >= 0.3 is 29.8 Å². The molecule has 0 radical (unpaired) electrons. The molecule has 0 aliphatic carbocycles. The normalized spacial score (nSPS) is 18.5. The Hall–Kier alpha value is -3.55. The van der Waals surface area contributed by atoms with E-state index < -0.39 is 28.4 Å². The summed E-state index contributed by atoms with van der Waals surface area (Å²) in [6.07, 6.45) is 6.54. The van der Waals surface area contributed by atoms with Gasteiger partial charge in [-0.05, 0) is 152 Å². The van der Waals surface area contributed by atoms with Crippen LogP contribution in [-0.2, 0) is 55.8 Å². The number of ether oxygens (including phenoxy) is 4. The molecule has 1 aromatic carbocycles. The van der Waals surface area contributed by atoms with Crippen molar-refractivity contribution in [3.05, 3.63) is 35.4 Å². The highest BCUT2D eigenvalue weighted by atomic mass is 16.6. The lowest BCUT2D eigenvalue weighted by molar-refractivity contribution is -0.159. The molecule has 1 N–H and O–H groups in total. The van der Waals surface area contributed by atoms with Crippen LogP contribution in [0.2, 0.25) is 0 Å². The van der Waals surface area contributed by atoms with Gasteiger partial charge in [0.2, 0.25) is 0 Å². The Balaban J connectivity index is 2.56. The van der Waals surface area contributed by atoms with Crippen molar-refractivity contribution in [2.45, 2.75) is 176 Å². The number of aliphatic carboxylic acids is 1. The SMILES string of the molecule is CC(C)(C)OC(=O)C[C@H]1CCN(CC(=O)OC(C)(C)C)CCN(CC(=O)OC(C)(C)C)C[C@H](Cc2ccc(CCCCCCC(=O)O)cc2)N(CC(=O)OC(C)(C)C)CC1. The monoisotopic (exact) mass is 846 g/mol. The quantitative estimate of drug-likeness (QED) is 0.0953. The van der Waals surface area contributed by atoms with Crippen molar-refractivity contribution < 1.29 is 48.0 Å². The number of carboxylic acid groups (broad SMARTS) is 1. The van der Waals surface area contributed by atoms with Gasteiger partial charge in [-0.3, -0.25) is 38.7 Å². The average Bonchev–Trinajstić information content (AvgIpc) is 3.05. The van der Waals surface area contributed by atoms with Gasteiger partial charge in [0, 0.05) is 38.5 Å². The summed E-state index contributed by atoms with van der Waals surface area (Å²) in [6, 6.07) is 8.25. The summed E-state index contributed by atoms with van der Waals surface area (Å²) in [4.78, 5) is 70.6. The van der Waals surface area contributed by atoms with Crippen molar-refractivity contribution in [2.75, 3.05) is 52.4 Å². The first-order chi connectivity index (χ1) is 27.6. The van der Waals surface area contributed by atoms with Gasteiger partial charge in [0.05, 0.1) is 19.6 Å². The maximum absolute atomic E-state index is 13.6. The van der Waals surface area contributed by atoms with E-state index in [4.69, 9.17) is 24.1 Å². The van der Waals surface area contributed by atoms with Gasteiger partial charge < -0.3 is 24.1 Å². The molecule has 0 saturated carbocycles. The number of aryl methyl sites for hydroxylation is 1. The fraction of sp³-hybridized carbons (Fsp3) is 0.766. The maximum atomic E-state index is 13.6. The smallest absolute Gasteiger partial charge is 0.320 e. The highest BCUT2D eigenvalue weighted by Crippen LogP contribution is 2.23. The highest BCUT2D eigenvalue weighted by Gasteiger charge is 2.31. The first kappa shape index (κ1) is 52.6. The van der Waals surface area contributed by atoms with Crippen molar-refractivity contribution >= 4 is 29.8 Å². The third-order valence-corrected chi connectivity index (χ3v) is 9.67. The van der Waals surface area contributed by atoms with E-state index in [9.17, 15) is 24.0 Å². The van der Waals surface area contributed by atoms with E-state index in [0.29, 0.717) is 58.4 Å². The van der Waals surface area contributed by atoms with Crippen LogP contribution in [0.25, 0.3) is 0 Å². The van der Waals surface area contributed by atoms with Gasteiger partial charge in [-0.15, -0.1) is 0 Å². The van der Waals surface area contributed by atoms with Crippen LogP contribution in [0.4, 0.5) is 0 Å². The fourth-order valence-electron chi connectivity index (χ4n) is 7.19. The molecule has 2 atom stereocenters. The number of rotatable bonds is 17. The molecule has 1 heterocycles. The van der Waals surface area contributed by atoms with Crippen molar-refractivity contribution in [1.82, 2.24) is 14.7 Å². The summed E-state index contributed by atoms with van der Waals surface area (Å²) in [7, 11) is 0. The Morgan fingerprint density at radius 3 is 1.55 bits per heavy atom. The summed E-state index contributed by atoms with van der Waals surface area (Å²) in [5.74, 6) is -2.23. The number of unbranched alkanes of at least 4 members (excludes halogenated alkanes) is 3. The largest absolute Gasteiger partial charge is 0.481 e. The lowest BCUT2D eigenvalue weighted by atomic mass is 9.95. The Morgan fingerprint density at radius 2 is 1.02 bits per heavy atom.